The summed E-state index contributed by atoms with van der Waals surface area (Å²) in [4.78, 5) is 0. The lowest BCUT2D eigenvalue weighted by Crippen LogP contribution is -2.04. The molecule has 0 radical (unpaired) electrons. The van der Waals surface area contributed by atoms with E-state index in [1.807, 2.05) is 18.2 Å². The number of halogens is 1. The highest BCUT2D eigenvalue weighted by molar-refractivity contribution is 9.10. The number of methoxy groups -OCH3 is 2. The summed E-state index contributed by atoms with van der Waals surface area (Å²) in [5.41, 5.74) is 0. The van der Waals surface area contributed by atoms with Crippen molar-refractivity contribution in [2.24, 2.45) is 0 Å². The second-order valence-electron chi connectivity index (χ2n) is 2.64. The van der Waals surface area contributed by atoms with Crippen LogP contribution in [-0.4, -0.2) is 27.4 Å². The number of hydrogen-bond acceptors (Lipinski definition) is 3. The molecule has 0 unspecified atom stereocenters. The number of hydrogen-bond donors (Lipinski definition) is 0. The van der Waals surface area contributed by atoms with Crippen molar-refractivity contribution in [1.82, 2.24) is 0 Å². The van der Waals surface area contributed by atoms with Gasteiger partial charge in [0.2, 0.25) is 0 Å². The van der Waals surface area contributed by atoms with Crippen LogP contribution in [0.1, 0.15) is 0 Å². The highest BCUT2D eigenvalue weighted by Gasteiger charge is 2.01. The van der Waals surface area contributed by atoms with Crippen LogP contribution >= 0.6 is 15.9 Å². The van der Waals surface area contributed by atoms with E-state index in [-0.39, 0.29) is 0 Å². The molecule has 0 fully saturated rings. The van der Waals surface area contributed by atoms with E-state index in [4.69, 9.17) is 14.2 Å². The molecule has 1 aromatic carbocycles. The minimum absolute atomic E-state index is 0.543. The third-order valence-electron chi connectivity index (χ3n) is 1.68. The fourth-order valence-corrected chi connectivity index (χ4v) is 1.38. The van der Waals surface area contributed by atoms with E-state index in [1.54, 1.807) is 14.2 Å². The Morgan fingerprint density at radius 3 is 2.64 bits per heavy atom. The Hall–Kier alpha value is -0.740. The van der Waals surface area contributed by atoms with E-state index in [9.17, 15) is 0 Å². The zero-order chi connectivity index (χ0) is 10.4. The van der Waals surface area contributed by atoms with E-state index in [1.165, 1.54) is 0 Å². The molecule has 1 aromatic rings. The minimum Gasteiger partial charge on any atom is -0.495 e. The van der Waals surface area contributed by atoms with Gasteiger partial charge in [0.1, 0.15) is 18.1 Å². The van der Waals surface area contributed by atoms with Gasteiger partial charge in [0.15, 0.2) is 0 Å². The van der Waals surface area contributed by atoms with Crippen LogP contribution in [-0.2, 0) is 4.74 Å². The average Bonchev–Trinajstić information content (AvgIpc) is 2.21. The van der Waals surface area contributed by atoms with Gasteiger partial charge < -0.3 is 14.2 Å². The quantitative estimate of drug-likeness (QED) is 0.762. The molecule has 14 heavy (non-hydrogen) atoms. The van der Waals surface area contributed by atoms with Gasteiger partial charge in [-0.05, 0) is 28.1 Å². The van der Waals surface area contributed by atoms with E-state index >= 15 is 0 Å². The van der Waals surface area contributed by atoms with Gasteiger partial charge in [0.25, 0.3) is 0 Å². The zero-order valence-electron chi connectivity index (χ0n) is 8.25. The predicted octanol–water partition coefficient (Wildman–Crippen LogP) is 2.48. The number of rotatable bonds is 5. The van der Waals surface area contributed by atoms with E-state index < -0.39 is 0 Å². The van der Waals surface area contributed by atoms with E-state index in [2.05, 4.69) is 15.9 Å². The van der Waals surface area contributed by atoms with Crippen LogP contribution < -0.4 is 9.47 Å². The van der Waals surface area contributed by atoms with E-state index in [0.29, 0.717) is 13.2 Å². The van der Waals surface area contributed by atoms with Gasteiger partial charge in [-0.2, -0.15) is 0 Å². The van der Waals surface area contributed by atoms with Crippen LogP contribution in [0.25, 0.3) is 0 Å². The summed E-state index contributed by atoms with van der Waals surface area (Å²) in [6, 6.07) is 5.60. The van der Waals surface area contributed by atoms with Crippen LogP contribution in [0, 0.1) is 0 Å². The number of ether oxygens (including phenoxy) is 3. The van der Waals surface area contributed by atoms with Crippen molar-refractivity contribution in [3.63, 3.8) is 0 Å². The molecule has 4 heteroatoms. The fourth-order valence-electron chi connectivity index (χ4n) is 0.973. The lowest BCUT2D eigenvalue weighted by molar-refractivity contribution is 0.146. The normalized spacial score (nSPS) is 9.93. The van der Waals surface area contributed by atoms with Crippen molar-refractivity contribution in [2.75, 3.05) is 27.4 Å². The third-order valence-corrected chi connectivity index (χ3v) is 2.33. The zero-order valence-corrected chi connectivity index (χ0v) is 9.83. The SMILES string of the molecule is COCCOc1ccc(Br)c(OC)c1. The molecule has 0 aliphatic rings. The summed E-state index contributed by atoms with van der Waals surface area (Å²) < 4.78 is 16.3. The summed E-state index contributed by atoms with van der Waals surface area (Å²) >= 11 is 3.37. The standard InChI is InChI=1S/C10H13BrO3/c1-12-5-6-14-8-3-4-9(11)10(7-8)13-2/h3-4,7H,5-6H2,1-2H3. The Bertz CT molecular complexity index is 289. The summed E-state index contributed by atoms with van der Waals surface area (Å²) in [5, 5.41) is 0. The van der Waals surface area contributed by atoms with Gasteiger partial charge >= 0.3 is 0 Å². The highest BCUT2D eigenvalue weighted by Crippen LogP contribution is 2.28. The first-order valence-corrected chi connectivity index (χ1v) is 5.02. The molecule has 1 rings (SSSR count). The Kier molecular flexibility index (Phi) is 4.76. The van der Waals surface area contributed by atoms with Gasteiger partial charge in [-0.15, -0.1) is 0 Å². The summed E-state index contributed by atoms with van der Waals surface area (Å²) in [5.74, 6) is 1.54. The molecule has 3 nitrogen and oxygen atoms in total. The Labute approximate surface area is 92.1 Å². The third kappa shape index (κ3) is 3.20. The lowest BCUT2D eigenvalue weighted by Gasteiger charge is -2.08. The van der Waals surface area contributed by atoms with Crippen LogP contribution in [0.4, 0.5) is 0 Å². The Morgan fingerprint density at radius 2 is 2.00 bits per heavy atom. The summed E-state index contributed by atoms with van der Waals surface area (Å²) in [6.45, 7) is 1.12. The first kappa shape index (κ1) is 11.3. The van der Waals surface area contributed by atoms with Crippen molar-refractivity contribution in [2.45, 2.75) is 0 Å². The smallest absolute Gasteiger partial charge is 0.136 e. The average molecular weight is 261 g/mol. The van der Waals surface area contributed by atoms with Crippen molar-refractivity contribution in [1.29, 1.82) is 0 Å². The molecule has 0 amide bonds. The van der Waals surface area contributed by atoms with Crippen molar-refractivity contribution < 1.29 is 14.2 Å². The maximum Gasteiger partial charge on any atom is 0.136 e. The van der Waals surface area contributed by atoms with Crippen LogP contribution in [0.2, 0.25) is 0 Å². The Morgan fingerprint density at radius 1 is 1.21 bits per heavy atom. The molecule has 0 bridgehead atoms. The first-order chi connectivity index (χ1) is 6.77. The van der Waals surface area contributed by atoms with Gasteiger partial charge in [0, 0.05) is 13.2 Å². The molecular weight excluding hydrogens is 248 g/mol. The molecule has 0 aliphatic heterocycles. The van der Waals surface area contributed by atoms with Gasteiger partial charge in [-0.3, -0.25) is 0 Å². The Balaban J connectivity index is 2.60. The number of benzene rings is 1. The maximum absolute atomic E-state index is 5.42. The molecule has 0 aliphatic carbocycles. The van der Waals surface area contributed by atoms with Crippen LogP contribution in [0.15, 0.2) is 22.7 Å². The molecule has 78 valence electrons. The van der Waals surface area contributed by atoms with Crippen LogP contribution in [0.3, 0.4) is 0 Å². The minimum atomic E-state index is 0.543. The second kappa shape index (κ2) is 5.88. The predicted molar refractivity (Wildman–Crippen MR) is 58.1 cm³/mol. The second-order valence-corrected chi connectivity index (χ2v) is 3.49. The lowest BCUT2D eigenvalue weighted by atomic mass is 10.3. The summed E-state index contributed by atoms with van der Waals surface area (Å²) in [7, 11) is 3.27. The van der Waals surface area contributed by atoms with Crippen molar-refractivity contribution in [3.8, 4) is 11.5 Å². The van der Waals surface area contributed by atoms with Gasteiger partial charge in [-0.1, -0.05) is 0 Å². The molecule has 0 saturated carbocycles. The van der Waals surface area contributed by atoms with Gasteiger partial charge in [-0.25, -0.2) is 0 Å². The van der Waals surface area contributed by atoms with Gasteiger partial charge in [0.05, 0.1) is 18.2 Å². The molecule has 0 saturated heterocycles. The molecule has 0 N–H and O–H groups in total. The topological polar surface area (TPSA) is 27.7 Å². The molecule has 0 aromatic heterocycles. The van der Waals surface area contributed by atoms with Crippen LogP contribution in [0.5, 0.6) is 11.5 Å². The fraction of sp³-hybridized carbons (Fsp3) is 0.400. The monoisotopic (exact) mass is 260 g/mol. The first-order valence-electron chi connectivity index (χ1n) is 4.23. The largest absolute Gasteiger partial charge is 0.495 e. The maximum atomic E-state index is 5.42. The van der Waals surface area contributed by atoms with E-state index in [0.717, 1.165) is 16.0 Å². The molecular formula is C10H13BrO3. The van der Waals surface area contributed by atoms with Crippen molar-refractivity contribution >= 4 is 15.9 Å². The summed E-state index contributed by atoms with van der Waals surface area (Å²) in [6.07, 6.45) is 0. The molecule has 0 spiro atoms. The van der Waals surface area contributed by atoms with Crippen molar-refractivity contribution in [3.05, 3.63) is 22.7 Å². The highest BCUT2D eigenvalue weighted by atomic mass is 79.9. The molecule has 0 heterocycles. The molecule has 0 atom stereocenters.